The monoisotopic (exact) mass is 552 g/mol. The van der Waals surface area contributed by atoms with E-state index in [1.807, 2.05) is 32.0 Å². The standard InChI is InChI=1S/C32H41FO5Si/c1-30(2,3)39(8,9)36-18-27-26(37-32(6,7)38-27)17-35-21-11-13-23-24(16-21)31(4,5)25-15-19-14-20(33)10-12-22(19)28(25)29(23)34/h10-14,16,26-27H,15,17-18H2,1-9H3/t26-,27-/m1/s1. The average molecular weight is 553 g/mol. The summed E-state index contributed by atoms with van der Waals surface area (Å²) in [5, 5.41) is 0.103. The van der Waals surface area contributed by atoms with Crippen LogP contribution < -0.4 is 4.74 Å². The number of hydrogen-bond acceptors (Lipinski definition) is 5. The van der Waals surface area contributed by atoms with Gasteiger partial charge in [-0.3, -0.25) is 4.79 Å². The number of Topliss-reactive ketones (excluding diaryl/α,β-unsaturated/α-hetero) is 1. The van der Waals surface area contributed by atoms with Crippen LogP contribution in [0.2, 0.25) is 18.1 Å². The number of halogens is 1. The summed E-state index contributed by atoms with van der Waals surface area (Å²) in [4.78, 5) is 13.6. The van der Waals surface area contributed by atoms with E-state index in [1.165, 1.54) is 6.07 Å². The number of rotatable bonds is 6. The Hall–Kier alpha value is -2.32. The second-order valence-electron chi connectivity index (χ2n) is 13.6. The van der Waals surface area contributed by atoms with Gasteiger partial charge in [0.15, 0.2) is 19.9 Å². The Morgan fingerprint density at radius 3 is 2.28 bits per heavy atom. The molecule has 210 valence electrons. The lowest BCUT2D eigenvalue weighted by atomic mass is 9.68. The number of benzene rings is 2. The Kier molecular flexibility index (Phi) is 6.78. The van der Waals surface area contributed by atoms with Crippen molar-refractivity contribution in [2.75, 3.05) is 13.2 Å². The molecule has 0 aromatic heterocycles. The molecule has 1 aliphatic heterocycles. The molecule has 1 fully saturated rings. The molecule has 5 nitrogen and oxygen atoms in total. The Balaban J connectivity index is 1.34. The number of fused-ring (bicyclic) bond motifs is 3. The zero-order valence-electron chi connectivity index (χ0n) is 24.7. The minimum Gasteiger partial charge on any atom is -0.491 e. The fraction of sp³-hybridized carbons (Fsp3) is 0.531. The topological polar surface area (TPSA) is 54.0 Å². The Labute approximate surface area is 232 Å². The van der Waals surface area contributed by atoms with Crippen LogP contribution in [0.15, 0.2) is 42.0 Å². The van der Waals surface area contributed by atoms with E-state index in [9.17, 15) is 9.18 Å². The van der Waals surface area contributed by atoms with Crippen molar-refractivity contribution in [1.29, 1.82) is 0 Å². The molecule has 0 saturated carbocycles. The molecule has 0 unspecified atom stereocenters. The first-order valence-electron chi connectivity index (χ1n) is 13.8. The van der Waals surface area contributed by atoms with Gasteiger partial charge in [-0.2, -0.15) is 0 Å². The molecule has 0 radical (unpaired) electrons. The molecule has 2 aliphatic carbocycles. The van der Waals surface area contributed by atoms with Crippen molar-refractivity contribution < 1.29 is 27.8 Å². The summed E-state index contributed by atoms with van der Waals surface area (Å²) < 4.78 is 39.1. The first-order chi connectivity index (χ1) is 18.0. The van der Waals surface area contributed by atoms with Crippen molar-refractivity contribution in [3.05, 3.63) is 70.0 Å². The maximum absolute atomic E-state index is 13.9. The predicted molar refractivity (Wildman–Crippen MR) is 153 cm³/mol. The minimum atomic E-state index is -1.95. The highest BCUT2D eigenvalue weighted by Crippen LogP contribution is 2.50. The van der Waals surface area contributed by atoms with Gasteiger partial charge in [0, 0.05) is 16.6 Å². The van der Waals surface area contributed by atoms with Gasteiger partial charge in [0.1, 0.15) is 30.4 Å². The van der Waals surface area contributed by atoms with Gasteiger partial charge in [-0.25, -0.2) is 4.39 Å². The van der Waals surface area contributed by atoms with Gasteiger partial charge < -0.3 is 18.6 Å². The fourth-order valence-corrected chi connectivity index (χ4v) is 6.70. The molecule has 2 atom stereocenters. The summed E-state index contributed by atoms with van der Waals surface area (Å²) in [6, 6.07) is 10.4. The van der Waals surface area contributed by atoms with Crippen molar-refractivity contribution >= 4 is 19.7 Å². The van der Waals surface area contributed by atoms with E-state index in [2.05, 4.69) is 47.7 Å². The van der Waals surface area contributed by atoms with E-state index >= 15 is 0 Å². The summed E-state index contributed by atoms with van der Waals surface area (Å²) in [6.45, 7) is 20.0. The van der Waals surface area contributed by atoms with Crippen molar-refractivity contribution in [2.45, 2.75) is 96.4 Å². The molecule has 39 heavy (non-hydrogen) atoms. The SMILES string of the molecule is CC1(C)O[C@H](COc2ccc3c(c2)C(C)(C)C2=C(C3=O)c3ccc(F)cc3C2)[C@@H](CO[Si](C)(C)C(C)(C)C)O1. The van der Waals surface area contributed by atoms with Crippen LogP contribution in [0, 0.1) is 5.82 Å². The maximum atomic E-state index is 13.9. The third-order valence-corrected chi connectivity index (χ3v) is 13.5. The Morgan fingerprint density at radius 2 is 1.62 bits per heavy atom. The molecule has 2 aromatic rings. The molecule has 0 bridgehead atoms. The first-order valence-corrected chi connectivity index (χ1v) is 16.7. The molecule has 5 rings (SSSR count). The number of ether oxygens (including phenoxy) is 3. The van der Waals surface area contributed by atoms with Gasteiger partial charge in [-0.15, -0.1) is 0 Å². The third-order valence-electron chi connectivity index (χ3n) is 9.01. The molecular formula is C32H41FO5Si. The van der Waals surface area contributed by atoms with Gasteiger partial charge >= 0.3 is 0 Å². The summed E-state index contributed by atoms with van der Waals surface area (Å²) in [5.41, 5.74) is 4.68. The van der Waals surface area contributed by atoms with Crippen LogP contribution in [0.4, 0.5) is 4.39 Å². The number of allylic oxidation sites excluding steroid dienone is 2. The van der Waals surface area contributed by atoms with Crippen molar-refractivity contribution in [1.82, 2.24) is 0 Å². The summed E-state index contributed by atoms with van der Waals surface area (Å²) in [5.74, 6) is -0.327. The van der Waals surface area contributed by atoms with E-state index < -0.39 is 19.5 Å². The van der Waals surface area contributed by atoms with Crippen molar-refractivity contribution in [2.24, 2.45) is 0 Å². The van der Waals surface area contributed by atoms with Crippen molar-refractivity contribution in [3.8, 4) is 5.75 Å². The van der Waals surface area contributed by atoms with E-state index in [1.54, 1.807) is 12.1 Å². The Morgan fingerprint density at radius 1 is 0.974 bits per heavy atom. The number of carbonyl (C=O) groups excluding carboxylic acids is 1. The zero-order chi connectivity index (χ0) is 28.5. The molecular weight excluding hydrogens is 511 g/mol. The lowest BCUT2D eigenvalue weighted by Crippen LogP contribution is -2.44. The molecule has 1 heterocycles. The van der Waals surface area contributed by atoms with Crippen LogP contribution in [0.1, 0.15) is 75.5 Å². The molecule has 0 N–H and O–H groups in total. The summed E-state index contributed by atoms with van der Waals surface area (Å²) >= 11 is 0. The highest BCUT2D eigenvalue weighted by atomic mass is 28.4. The highest BCUT2D eigenvalue weighted by Gasteiger charge is 2.45. The van der Waals surface area contributed by atoms with E-state index in [0.717, 1.165) is 27.8 Å². The smallest absolute Gasteiger partial charge is 0.193 e. The van der Waals surface area contributed by atoms with Gasteiger partial charge in [-0.1, -0.05) is 40.7 Å². The fourth-order valence-electron chi connectivity index (χ4n) is 5.69. The van der Waals surface area contributed by atoms with Crippen LogP contribution in [-0.4, -0.2) is 45.3 Å². The number of ketones is 1. The predicted octanol–water partition coefficient (Wildman–Crippen LogP) is 7.23. The average Bonchev–Trinajstić information content (AvgIpc) is 3.36. The normalized spacial score (nSPS) is 23.5. The first kappa shape index (κ1) is 28.2. The van der Waals surface area contributed by atoms with E-state index in [-0.39, 0.29) is 28.8 Å². The third kappa shape index (κ3) is 5.03. The van der Waals surface area contributed by atoms with Crippen LogP contribution >= 0.6 is 0 Å². The molecule has 7 heteroatoms. The molecule has 0 amide bonds. The highest BCUT2D eigenvalue weighted by molar-refractivity contribution is 6.74. The lowest BCUT2D eigenvalue weighted by Gasteiger charge is -2.37. The zero-order valence-corrected chi connectivity index (χ0v) is 25.7. The van der Waals surface area contributed by atoms with E-state index in [0.29, 0.717) is 30.9 Å². The van der Waals surface area contributed by atoms with Gasteiger partial charge in [0.25, 0.3) is 0 Å². The van der Waals surface area contributed by atoms with Crippen LogP contribution in [0.25, 0.3) is 5.57 Å². The summed E-state index contributed by atoms with van der Waals surface area (Å²) in [7, 11) is -1.95. The lowest BCUT2D eigenvalue weighted by molar-refractivity contribution is -0.150. The second kappa shape index (κ2) is 9.37. The van der Waals surface area contributed by atoms with Crippen LogP contribution in [-0.2, 0) is 25.7 Å². The van der Waals surface area contributed by atoms with Gasteiger partial charge in [0.2, 0.25) is 0 Å². The molecule has 0 spiro atoms. The molecule has 2 aromatic carbocycles. The maximum Gasteiger partial charge on any atom is 0.193 e. The van der Waals surface area contributed by atoms with Gasteiger partial charge in [0.05, 0.1) is 6.61 Å². The second-order valence-corrected chi connectivity index (χ2v) is 18.4. The minimum absolute atomic E-state index is 0.00616. The largest absolute Gasteiger partial charge is 0.491 e. The van der Waals surface area contributed by atoms with Crippen LogP contribution in [0.5, 0.6) is 5.75 Å². The number of hydrogen-bond donors (Lipinski definition) is 0. The molecule has 1 saturated heterocycles. The number of carbonyl (C=O) groups is 1. The molecule has 3 aliphatic rings. The van der Waals surface area contributed by atoms with Crippen LogP contribution in [0.3, 0.4) is 0 Å². The van der Waals surface area contributed by atoms with Crippen molar-refractivity contribution in [3.63, 3.8) is 0 Å². The summed E-state index contributed by atoms with van der Waals surface area (Å²) in [6.07, 6.45) is 0.0445. The van der Waals surface area contributed by atoms with E-state index in [4.69, 9.17) is 18.6 Å². The quantitative estimate of drug-likeness (QED) is 0.354. The Bertz CT molecular complexity index is 1350. The van der Waals surface area contributed by atoms with Gasteiger partial charge in [-0.05, 0) is 91.0 Å².